The first-order chi connectivity index (χ1) is 41.0. The first kappa shape index (κ1) is 78.8. The van der Waals surface area contributed by atoms with Crippen molar-refractivity contribution < 1.29 is 28.6 Å². The molecule has 0 aromatic carbocycles. The fourth-order valence-corrected chi connectivity index (χ4v) is 9.68. The summed E-state index contributed by atoms with van der Waals surface area (Å²) in [6.07, 6.45) is 97.9. The van der Waals surface area contributed by atoms with Crippen molar-refractivity contribution in [3.63, 3.8) is 0 Å². The Morgan fingerprint density at radius 3 is 0.771 bits per heavy atom. The van der Waals surface area contributed by atoms with Gasteiger partial charge in [-0.3, -0.25) is 14.4 Å². The smallest absolute Gasteiger partial charge is 0.306 e. The molecule has 0 aromatic rings. The topological polar surface area (TPSA) is 78.9 Å². The van der Waals surface area contributed by atoms with Crippen LogP contribution < -0.4 is 0 Å². The van der Waals surface area contributed by atoms with Gasteiger partial charge >= 0.3 is 17.9 Å². The van der Waals surface area contributed by atoms with Crippen molar-refractivity contribution >= 4 is 17.9 Å². The lowest BCUT2D eigenvalue weighted by molar-refractivity contribution is -0.167. The third-order valence-corrected chi connectivity index (χ3v) is 14.9. The molecule has 6 heteroatoms. The maximum absolute atomic E-state index is 13.0. The van der Waals surface area contributed by atoms with Gasteiger partial charge in [-0.1, -0.05) is 296 Å². The van der Waals surface area contributed by atoms with Gasteiger partial charge in [0.2, 0.25) is 0 Å². The molecule has 0 heterocycles. The normalized spacial score (nSPS) is 12.9. The predicted molar refractivity (Wildman–Crippen MR) is 362 cm³/mol. The standard InChI is InChI=1S/C77H130O6/c1-4-7-10-13-16-19-22-25-28-31-33-35-36-37-38-39-40-42-43-46-49-52-55-58-61-64-67-70-76(79)82-73-74(72-81-75(78)69-66-63-60-57-54-51-48-45-30-27-24-21-18-15-12-9-6-3)83-77(80)71-68-65-62-59-56-53-50-47-44-41-34-32-29-26-23-20-17-14-11-8-5-2/h7,10,16,19,25,27-28,30,32-35,37-38,40,42,46,49,55,58,74H,4-6,8-9,11-15,17-18,20-24,26,29,31,36,39,41,43-45,47-48,50-54,56-57,59-73H2,1-3H3/b10-7-,19-16-,28-25-,30-27-,34-32-,35-33-,38-37-,42-40-,49-46-,58-55-. The zero-order valence-corrected chi connectivity index (χ0v) is 54.4. The van der Waals surface area contributed by atoms with Gasteiger partial charge in [-0.15, -0.1) is 0 Å². The first-order valence-electron chi connectivity index (χ1n) is 35.0. The average Bonchev–Trinajstić information content (AvgIpc) is 3.49. The molecule has 474 valence electrons. The number of hydrogen-bond donors (Lipinski definition) is 0. The Hall–Kier alpha value is -4.19. The number of ether oxygens (including phenoxy) is 3. The van der Waals surface area contributed by atoms with Crippen molar-refractivity contribution in [2.75, 3.05) is 13.2 Å². The number of carbonyl (C=O) groups excluding carboxylic acids is 3. The van der Waals surface area contributed by atoms with Crippen LogP contribution in [-0.4, -0.2) is 37.2 Å². The van der Waals surface area contributed by atoms with Crippen LogP contribution in [0.15, 0.2) is 122 Å². The molecule has 0 N–H and O–H groups in total. The van der Waals surface area contributed by atoms with Gasteiger partial charge in [-0.05, 0) is 135 Å². The summed E-state index contributed by atoms with van der Waals surface area (Å²) < 4.78 is 16.9. The summed E-state index contributed by atoms with van der Waals surface area (Å²) in [5, 5.41) is 0. The predicted octanol–water partition coefficient (Wildman–Crippen LogP) is 24.3. The minimum atomic E-state index is -0.804. The number of esters is 3. The quantitative estimate of drug-likeness (QED) is 0.0261. The van der Waals surface area contributed by atoms with Crippen molar-refractivity contribution in [3.8, 4) is 0 Å². The van der Waals surface area contributed by atoms with E-state index in [1.165, 1.54) is 180 Å². The monoisotopic (exact) mass is 1150 g/mol. The van der Waals surface area contributed by atoms with Gasteiger partial charge in [-0.25, -0.2) is 0 Å². The Labute approximate surface area is 513 Å². The Bertz CT molecular complexity index is 1700. The van der Waals surface area contributed by atoms with Gasteiger partial charge in [0.25, 0.3) is 0 Å². The average molecular weight is 1150 g/mol. The van der Waals surface area contributed by atoms with Gasteiger partial charge in [0.15, 0.2) is 6.10 Å². The molecule has 0 saturated carbocycles. The molecule has 0 radical (unpaired) electrons. The molecule has 0 aliphatic carbocycles. The van der Waals surface area contributed by atoms with Crippen molar-refractivity contribution in [2.45, 2.75) is 335 Å². The van der Waals surface area contributed by atoms with Crippen molar-refractivity contribution in [3.05, 3.63) is 122 Å². The highest BCUT2D eigenvalue weighted by atomic mass is 16.6. The Morgan fingerprint density at radius 2 is 0.470 bits per heavy atom. The molecule has 0 aliphatic rings. The van der Waals surface area contributed by atoms with E-state index < -0.39 is 6.10 Å². The van der Waals surface area contributed by atoms with Gasteiger partial charge in [0, 0.05) is 19.3 Å². The molecule has 83 heavy (non-hydrogen) atoms. The van der Waals surface area contributed by atoms with E-state index in [9.17, 15) is 14.4 Å². The lowest BCUT2D eigenvalue weighted by Gasteiger charge is -2.18. The molecule has 6 nitrogen and oxygen atoms in total. The molecular formula is C77H130O6. The summed E-state index contributed by atoms with van der Waals surface area (Å²) in [5.41, 5.74) is 0. The number of carbonyl (C=O) groups is 3. The Morgan fingerprint density at radius 1 is 0.253 bits per heavy atom. The highest BCUT2D eigenvalue weighted by Gasteiger charge is 2.19. The number of rotatable bonds is 63. The van der Waals surface area contributed by atoms with Gasteiger partial charge in [0.1, 0.15) is 13.2 Å². The second-order valence-electron chi connectivity index (χ2n) is 23.1. The third kappa shape index (κ3) is 68.5. The van der Waals surface area contributed by atoms with Crippen LogP contribution in [-0.2, 0) is 28.6 Å². The van der Waals surface area contributed by atoms with Crippen LogP contribution in [0.5, 0.6) is 0 Å². The van der Waals surface area contributed by atoms with Gasteiger partial charge in [0.05, 0.1) is 0 Å². The fraction of sp³-hybridized carbons (Fsp3) is 0.701. The molecule has 1 unspecified atom stereocenters. The van der Waals surface area contributed by atoms with Crippen molar-refractivity contribution in [1.82, 2.24) is 0 Å². The first-order valence-corrected chi connectivity index (χ1v) is 35.0. The molecule has 0 amide bonds. The summed E-state index contributed by atoms with van der Waals surface area (Å²) in [4.78, 5) is 38.5. The highest BCUT2D eigenvalue weighted by Crippen LogP contribution is 2.16. The summed E-state index contributed by atoms with van der Waals surface area (Å²) in [5.74, 6) is -0.937. The third-order valence-electron chi connectivity index (χ3n) is 14.9. The molecule has 0 saturated heterocycles. The minimum Gasteiger partial charge on any atom is -0.462 e. The molecular weight excluding hydrogens is 1020 g/mol. The molecule has 0 bridgehead atoms. The Balaban J connectivity index is 4.46. The molecule has 0 spiro atoms. The minimum absolute atomic E-state index is 0.0957. The number of hydrogen-bond acceptors (Lipinski definition) is 6. The molecule has 1 atom stereocenters. The number of unbranched alkanes of at least 4 members (excludes halogenated alkanes) is 32. The van der Waals surface area contributed by atoms with Gasteiger partial charge < -0.3 is 14.2 Å². The van der Waals surface area contributed by atoms with Crippen LogP contribution in [0.25, 0.3) is 0 Å². The highest BCUT2D eigenvalue weighted by molar-refractivity contribution is 5.71. The fourth-order valence-electron chi connectivity index (χ4n) is 9.68. The number of allylic oxidation sites excluding steroid dienone is 20. The lowest BCUT2D eigenvalue weighted by Crippen LogP contribution is -2.30. The SMILES string of the molecule is CC/C=C\C/C=C\C/C=C\C/C=C\C/C=C\C/C=C\C/C=C\C/C=C\CCCCC(=O)OCC(COC(=O)CCCCCCCCC/C=C\CCCCCCCC)OC(=O)CCCCCCCCCCC/C=C\CCCCCCCCCC. The molecule has 0 aliphatic heterocycles. The van der Waals surface area contributed by atoms with Crippen LogP contribution in [0, 0.1) is 0 Å². The van der Waals surface area contributed by atoms with E-state index in [2.05, 4.69) is 142 Å². The van der Waals surface area contributed by atoms with E-state index in [0.29, 0.717) is 19.3 Å². The summed E-state index contributed by atoms with van der Waals surface area (Å²) >= 11 is 0. The van der Waals surface area contributed by atoms with Crippen LogP contribution >= 0.6 is 0 Å². The maximum atomic E-state index is 13.0. The summed E-state index contributed by atoms with van der Waals surface area (Å²) in [6.45, 7) is 6.51. The largest absolute Gasteiger partial charge is 0.462 e. The van der Waals surface area contributed by atoms with E-state index in [4.69, 9.17) is 14.2 Å². The molecule has 0 fully saturated rings. The summed E-state index contributed by atoms with van der Waals surface area (Å²) in [6, 6.07) is 0. The van der Waals surface area contributed by atoms with Crippen LogP contribution in [0.4, 0.5) is 0 Å². The molecule has 0 rings (SSSR count). The van der Waals surface area contributed by atoms with Crippen LogP contribution in [0.3, 0.4) is 0 Å². The van der Waals surface area contributed by atoms with Crippen molar-refractivity contribution in [1.29, 1.82) is 0 Å². The van der Waals surface area contributed by atoms with E-state index in [1.807, 2.05) is 0 Å². The summed E-state index contributed by atoms with van der Waals surface area (Å²) in [7, 11) is 0. The second-order valence-corrected chi connectivity index (χ2v) is 23.1. The lowest BCUT2D eigenvalue weighted by atomic mass is 10.1. The van der Waals surface area contributed by atoms with E-state index in [-0.39, 0.29) is 31.1 Å². The van der Waals surface area contributed by atoms with E-state index in [1.54, 1.807) is 0 Å². The van der Waals surface area contributed by atoms with E-state index >= 15 is 0 Å². The van der Waals surface area contributed by atoms with Crippen LogP contribution in [0.1, 0.15) is 329 Å². The van der Waals surface area contributed by atoms with Gasteiger partial charge in [-0.2, -0.15) is 0 Å². The zero-order chi connectivity index (χ0) is 59.9. The van der Waals surface area contributed by atoms with Crippen molar-refractivity contribution in [2.24, 2.45) is 0 Å². The maximum Gasteiger partial charge on any atom is 0.306 e. The van der Waals surface area contributed by atoms with E-state index in [0.717, 1.165) is 109 Å². The zero-order valence-electron chi connectivity index (χ0n) is 54.4. The Kier molecular flexibility index (Phi) is 66.7. The molecule has 0 aromatic heterocycles. The second kappa shape index (κ2) is 70.3. The van der Waals surface area contributed by atoms with Crippen LogP contribution in [0.2, 0.25) is 0 Å².